The molecule has 1 heterocycles. The second-order valence-electron chi connectivity index (χ2n) is 6.03. The standard InChI is InChI=1S/C22H22N2O2/c1-4-26-22(25)18-9-8-10-20(14-18)23-15-19-13-16(2)24(17(19)3)21-11-6-5-7-12-21/h5-15H,4H2,1-3H3. The van der Waals surface area contributed by atoms with Crippen LogP contribution >= 0.6 is 0 Å². The van der Waals surface area contributed by atoms with E-state index < -0.39 is 0 Å². The summed E-state index contributed by atoms with van der Waals surface area (Å²) in [5.41, 5.74) is 5.69. The smallest absolute Gasteiger partial charge is 0.338 e. The molecule has 0 radical (unpaired) electrons. The Balaban J connectivity index is 1.88. The molecule has 26 heavy (non-hydrogen) atoms. The molecule has 0 aliphatic heterocycles. The molecule has 0 fully saturated rings. The number of hydrogen-bond donors (Lipinski definition) is 0. The van der Waals surface area contributed by atoms with Crippen LogP contribution in [0.15, 0.2) is 65.7 Å². The van der Waals surface area contributed by atoms with Gasteiger partial charge in [0, 0.05) is 28.9 Å². The first-order valence-electron chi connectivity index (χ1n) is 8.65. The third kappa shape index (κ3) is 3.75. The van der Waals surface area contributed by atoms with Crippen LogP contribution in [0.3, 0.4) is 0 Å². The summed E-state index contributed by atoms with van der Waals surface area (Å²) in [6, 6.07) is 19.5. The van der Waals surface area contributed by atoms with Crippen LogP contribution in [-0.2, 0) is 4.74 Å². The Morgan fingerprint density at radius 2 is 1.85 bits per heavy atom. The zero-order valence-corrected chi connectivity index (χ0v) is 15.3. The van der Waals surface area contributed by atoms with E-state index in [1.165, 1.54) is 0 Å². The number of aliphatic imine (C=N–C) groups is 1. The fourth-order valence-corrected chi connectivity index (χ4v) is 2.96. The number of aryl methyl sites for hydroxylation is 1. The highest BCUT2D eigenvalue weighted by Crippen LogP contribution is 2.21. The summed E-state index contributed by atoms with van der Waals surface area (Å²) in [6.07, 6.45) is 1.84. The first kappa shape index (κ1) is 17.7. The van der Waals surface area contributed by atoms with Crippen molar-refractivity contribution in [2.24, 2.45) is 4.99 Å². The average Bonchev–Trinajstić information content (AvgIpc) is 2.94. The van der Waals surface area contributed by atoms with Gasteiger partial charge in [-0.3, -0.25) is 4.99 Å². The van der Waals surface area contributed by atoms with E-state index in [-0.39, 0.29) is 5.97 Å². The number of rotatable bonds is 5. The lowest BCUT2D eigenvalue weighted by atomic mass is 10.2. The second kappa shape index (κ2) is 7.83. The van der Waals surface area contributed by atoms with Crippen molar-refractivity contribution in [1.82, 2.24) is 4.57 Å². The van der Waals surface area contributed by atoms with Crippen LogP contribution < -0.4 is 0 Å². The first-order chi connectivity index (χ1) is 12.6. The monoisotopic (exact) mass is 346 g/mol. The number of carbonyl (C=O) groups excluding carboxylic acids is 1. The summed E-state index contributed by atoms with van der Waals surface area (Å²) < 4.78 is 7.24. The quantitative estimate of drug-likeness (QED) is 0.481. The van der Waals surface area contributed by atoms with Gasteiger partial charge in [0.05, 0.1) is 17.9 Å². The van der Waals surface area contributed by atoms with Gasteiger partial charge in [-0.05, 0) is 57.2 Å². The molecule has 3 aromatic rings. The summed E-state index contributed by atoms with van der Waals surface area (Å²) >= 11 is 0. The van der Waals surface area contributed by atoms with Crippen LogP contribution in [0, 0.1) is 13.8 Å². The van der Waals surface area contributed by atoms with Crippen molar-refractivity contribution in [2.45, 2.75) is 20.8 Å². The Morgan fingerprint density at radius 1 is 1.08 bits per heavy atom. The van der Waals surface area contributed by atoms with Crippen molar-refractivity contribution in [3.63, 3.8) is 0 Å². The molecule has 4 heteroatoms. The van der Waals surface area contributed by atoms with Gasteiger partial charge in [-0.15, -0.1) is 0 Å². The third-order valence-corrected chi connectivity index (χ3v) is 4.19. The fraction of sp³-hybridized carbons (Fsp3) is 0.182. The third-order valence-electron chi connectivity index (χ3n) is 4.19. The van der Waals surface area contributed by atoms with Crippen molar-refractivity contribution in [3.8, 4) is 5.69 Å². The summed E-state index contributed by atoms with van der Waals surface area (Å²) in [5, 5.41) is 0. The number of ether oxygens (including phenoxy) is 1. The first-order valence-corrected chi connectivity index (χ1v) is 8.65. The van der Waals surface area contributed by atoms with Crippen LogP contribution in [0.2, 0.25) is 0 Å². The molecule has 4 nitrogen and oxygen atoms in total. The van der Waals surface area contributed by atoms with E-state index in [4.69, 9.17) is 4.74 Å². The molecular formula is C22H22N2O2. The molecule has 1 aromatic heterocycles. The zero-order valence-electron chi connectivity index (χ0n) is 15.3. The molecule has 0 bridgehead atoms. The highest BCUT2D eigenvalue weighted by molar-refractivity contribution is 5.91. The van der Waals surface area contributed by atoms with Crippen LogP contribution in [0.4, 0.5) is 5.69 Å². The molecule has 132 valence electrons. The molecule has 3 rings (SSSR count). The highest BCUT2D eigenvalue weighted by Gasteiger charge is 2.09. The topological polar surface area (TPSA) is 43.6 Å². The molecule has 0 N–H and O–H groups in total. The van der Waals surface area contributed by atoms with Gasteiger partial charge in [0.25, 0.3) is 0 Å². The van der Waals surface area contributed by atoms with Gasteiger partial charge in [-0.2, -0.15) is 0 Å². The van der Waals surface area contributed by atoms with Crippen molar-refractivity contribution >= 4 is 17.9 Å². The molecule has 0 saturated carbocycles. The molecule has 0 atom stereocenters. The molecule has 0 amide bonds. The number of benzene rings is 2. The molecule has 0 saturated heterocycles. The van der Waals surface area contributed by atoms with Crippen LogP contribution in [0.5, 0.6) is 0 Å². The second-order valence-corrected chi connectivity index (χ2v) is 6.03. The Labute approximate surface area is 153 Å². The van der Waals surface area contributed by atoms with Crippen molar-refractivity contribution in [1.29, 1.82) is 0 Å². The largest absolute Gasteiger partial charge is 0.462 e. The number of carbonyl (C=O) groups is 1. The molecule has 0 spiro atoms. The van der Waals surface area contributed by atoms with E-state index in [1.54, 1.807) is 19.1 Å². The Kier molecular flexibility index (Phi) is 5.32. The van der Waals surface area contributed by atoms with E-state index in [1.807, 2.05) is 36.5 Å². The maximum Gasteiger partial charge on any atom is 0.338 e. The summed E-state index contributed by atoms with van der Waals surface area (Å²) in [5.74, 6) is -0.327. The number of esters is 1. The molecule has 0 aliphatic carbocycles. The normalized spacial score (nSPS) is 11.0. The molecular weight excluding hydrogens is 324 g/mol. The predicted molar refractivity (Wildman–Crippen MR) is 105 cm³/mol. The average molecular weight is 346 g/mol. The van der Waals surface area contributed by atoms with E-state index in [2.05, 4.69) is 41.6 Å². The Bertz CT molecular complexity index is 940. The fourth-order valence-electron chi connectivity index (χ4n) is 2.96. The van der Waals surface area contributed by atoms with E-state index >= 15 is 0 Å². The summed E-state index contributed by atoms with van der Waals surface area (Å²) in [6.45, 7) is 6.31. The van der Waals surface area contributed by atoms with E-state index in [0.717, 1.165) is 28.3 Å². The lowest BCUT2D eigenvalue weighted by Crippen LogP contribution is -2.03. The van der Waals surface area contributed by atoms with Gasteiger partial charge in [-0.1, -0.05) is 24.3 Å². The predicted octanol–water partition coefficient (Wildman–Crippen LogP) is 5.02. The van der Waals surface area contributed by atoms with Crippen LogP contribution in [0.25, 0.3) is 5.69 Å². The zero-order chi connectivity index (χ0) is 18.5. The summed E-state index contributed by atoms with van der Waals surface area (Å²) in [7, 11) is 0. The van der Waals surface area contributed by atoms with Crippen molar-refractivity contribution in [2.75, 3.05) is 6.61 Å². The maximum atomic E-state index is 11.9. The molecule has 0 aliphatic rings. The van der Waals surface area contributed by atoms with Gasteiger partial charge in [0.15, 0.2) is 0 Å². The minimum absolute atomic E-state index is 0.327. The van der Waals surface area contributed by atoms with Gasteiger partial charge >= 0.3 is 5.97 Å². The van der Waals surface area contributed by atoms with E-state index in [0.29, 0.717) is 12.2 Å². The lowest BCUT2D eigenvalue weighted by Gasteiger charge is -2.09. The molecule has 0 unspecified atom stereocenters. The van der Waals surface area contributed by atoms with E-state index in [9.17, 15) is 4.79 Å². The lowest BCUT2D eigenvalue weighted by molar-refractivity contribution is 0.0526. The number of hydrogen-bond acceptors (Lipinski definition) is 3. The maximum absolute atomic E-state index is 11.9. The minimum atomic E-state index is -0.327. The highest BCUT2D eigenvalue weighted by atomic mass is 16.5. The van der Waals surface area contributed by atoms with Crippen LogP contribution in [-0.4, -0.2) is 23.4 Å². The number of nitrogens with zero attached hydrogens (tertiary/aromatic N) is 2. The SMILES string of the molecule is CCOC(=O)c1cccc(N=Cc2cc(C)n(-c3ccccc3)c2C)c1. The Morgan fingerprint density at radius 3 is 2.58 bits per heavy atom. The Hall–Kier alpha value is -3.14. The van der Waals surface area contributed by atoms with Gasteiger partial charge in [0.1, 0.15) is 0 Å². The minimum Gasteiger partial charge on any atom is -0.462 e. The van der Waals surface area contributed by atoms with Gasteiger partial charge in [0.2, 0.25) is 0 Å². The number of aromatic nitrogens is 1. The van der Waals surface area contributed by atoms with Crippen molar-refractivity contribution in [3.05, 3.63) is 83.2 Å². The van der Waals surface area contributed by atoms with Crippen LogP contribution in [0.1, 0.15) is 34.2 Å². The number of para-hydroxylation sites is 1. The molecule has 2 aromatic carbocycles. The van der Waals surface area contributed by atoms with Crippen molar-refractivity contribution < 1.29 is 9.53 Å². The van der Waals surface area contributed by atoms with Gasteiger partial charge < -0.3 is 9.30 Å². The summed E-state index contributed by atoms with van der Waals surface area (Å²) in [4.78, 5) is 16.4. The van der Waals surface area contributed by atoms with Gasteiger partial charge in [-0.25, -0.2) is 4.79 Å².